The second-order valence-electron chi connectivity index (χ2n) is 6.22. The lowest BCUT2D eigenvalue weighted by atomic mass is 10.1. The summed E-state index contributed by atoms with van der Waals surface area (Å²) in [4.78, 5) is 27.7. The molecule has 0 unspecified atom stereocenters. The van der Waals surface area contributed by atoms with Gasteiger partial charge in [0.05, 0.1) is 5.69 Å². The molecule has 1 N–H and O–H groups in total. The van der Waals surface area contributed by atoms with Crippen LogP contribution in [0.4, 0.5) is 5.69 Å². The molecule has 0 aromatic heterocycles. The van der Waals surface area contributed by atoms with Crippen LogP contribution >= 0.6 is 23.4 Å². The first-order valence-electron chi connectivity index (χ1n) is 8.62. The van der Waals surface area contributed by atoms with Crippen LogP contribution in [0.2, 0.25) is 5.02 Å². The molecule has 3 aromatic carbocycles. The molecule has 1 aliphatic heterocycles. The predicted molar refractivity (Wildman–Crippen MR) is 111 cm³/mol. The van der Waals surface area contributed by atoms with Gasteiger partial charge in [-0.2, -0.15) is 0 Å². The number of halogens is 1. The summed E-state index contributed by atoms with van der Waals surface area (Å²) in [6, 6.07) is 19.0. The van der Waals surface area contributed by atoms with E-state index >= 15 is 0 Å². The minimum absolute atomic E-state index is 0.0260. The summed E-state index contributed by atoms with van der Waals surface area (Å²) < 4.78 is 0. The summed E-state index contributed by atoms with van der Waals surface area (Å²) in [6.07, 6.45) is 0. The molecular formula is C21H17ClN2O2S. The minimum atomic E-state index is -0.162. The highest BCUT2D eigenvalue weighted by molar-refractivity contribution is 7.99. The molecule has 1 heterocycles. The van der Waals surface area contributed by atoms with Crippen LogP contribution in [0.3, 0.4) is 0 Å². The number of carbonyl (C=O) groups is 2. The maximum Gasteiger partial charge on any atom is 0.259 e. The molecule has 0 fully saturated rings. The summed E-state index contributed by atoms with van der Waals surface area (Å²) >= 11 is 7.52. The van der Waals surface area contributed by atoms with Gasteiger partial charge in [-0.25, -0.2) is 0 Å². The third-order valence-electron chi connectivity index (χ3n) is 4.46. The maximum atomic E-state index is 12.7. The number of nitrogens with zero attached hydrogens (tertiary/aromatic N) is 1. The van der Waals surface area contributed by atoms with E-state index in [1.165, 1.54) is 0 Å². The maximum absolute atomic E-state index is 12.7. The Hall–Kier alpha value is -2.50. The number of hydrogen-bond donors (Lipinski definition) is 1. The Morgan fingerprint density at radius 1 is 1.04 bits per heavy atom. The second-order valence-corrected chi connectivity index (χ2v) is 7.83. The van der Waals surface area contributed by atoms with E-state index in [4.69, 9.17) is 11.6 Å². The summed E-state index contributed by atoms with van der Waals surface area (Å²) in [5.74, 6) is 0.467. The van der Waals surface area contributed by atoms with Gasteiger partial charge in [0.2, 0.25) is 5.91 Å². The quantitative estimate of drug-likeness (QED) is 0.497. The summed E-state index contributed by atoms with van der Waals surface area (Å²) in [5.41, 5.74) is 1.47. The fourth-order valence-corrected chi connectivity index (χ4v) is 4.12. The van der Waals surface area contributed by atoms with Crippen LogP contribution < -0.4 is 10.2 Å². The van der Waals surface area contributed by atoms with Crippen molar-refractivity contribution in [2.24, 2.45) is 0 Å². The van der Waals surface area contributed by atoms with Crippen LogP contribution in [0.5, 0.6) is 0 Å². The first kappa shape index (κ1) is 17.9. The lowest BCUT2D eigenvalue weighted by Gasteiger charge is -2.17. The van der Waals surface area contributed by atoms with Crippen molar-refractivity contribution < 1.29 is 9.59 Å². The Labute approximate surface area is 166 Å². The molecule has 0 bridgehead atoms. The van der Waals surface area contributed by atoms with Crippen LogP contribution in [0, 0.1) is 0 Å². The van der Waals surface area contributed by atoms with Gasteiger partial charge in [-0.05, 0) is 41.8 Å². The fourth-order valence-electron chi connectivity index (χ4n) is 3.23. The topological polar surface area (TPSA) is 49.4 Å². The average Bonchev–Trinajstić information content (AvgIpc) is 2.95. The number of thioether (sulfide) groups is 1. The van der Waals surface area contributed by atoms with E-state index in [1.54, 1.807) is 16.7 Å². The molecule has 136 valence electrons. The molecular weight excluding hydrogens is 380 g/mol. The fraction of sp³-hybridized carbons (Fsp3) is 0.143. The summed E-state index contributed by atoms with van der Waals surface area (Å²) in [5, 5.41) is 5.54. The minimum Gasteiger partial charge on any atom is -0.354 e. The molecule has 0 saturated heterocycles. The van der Waals surface area contributed by atoms with Crippen LogP contribution in [-0.4, -0.2) is 30.7 Å². The van der Waals surface area contributed by atoms with Gasteiger partial charge in [-0.15, -0.1) is 11.8 Å². The largest absolute Gasteiger partial charge is 0.354 e. The van der Waals surface area contributed by atoms with Gasteiger partial charge in [0.15, 0.2) is 0 Å². The van der Waals surface area contributed by atoms with E-state index in [0.717, 1.165) is 27.1 Å². The molecule has 3 aromatic rings. The van der Waals surface area contributed by atoms with Crippen LogP contribution in [-0.2, 0) is 4.79 Å². The van der Waals surface area contributed by atoms with Gasteiger partial charge in [-0.3, -0.25) is 14.5 Å². The van der Waals surface area contributed by atoms with E-state index in [0.29, 0.717) is 17.1 Å². The van der Waals surface area contributed by atoms with Crippen molar-refractivity contribution in [2.45, 2.75) is 4.90 Å². The van der Waals surface area contributed by atoms with E-state index in [-0.39, 0.29) is 18.4 Å². The molecule has 0 atom stereocenters. The molecule has 27 heavy (non-hydrogen) atoms. The number of carbonyl (C=O) groups excluding carboxylic acids is 2. The zero-order valence-electron chi connectivity index (χ0n) is 14.4. The van der Waals surface area contributed by atoms with Gasteiger partial charge in [0, 0.05) is 33.2 Å². The lowest BCUT2D eigenvalue weighted by Crippen LogP contribution is -2.39. The molecule has 6 heteroatoms. The third-order valence-corrected chi connectivity index (χ3v) is 5.72. The number of amides is 2. The SMILES string of the molecule is O=C(CN1C(=O)c2cccc3cccc1c23)NCCSc1ccc(Cl)cc1. The standard InChI is InChI=1S/C21H17ClN2O2S/c22-15-7-9-16(10-8-15)27-12-11-23-19(25)13-24-18-6-2-4-14-3-1-5-17(20(14)18)21(24)26/h1-10H,11-13H2,(H,23,25). The Balaban J connectivity index is 1.34. The lowest BCUT2D eigenvalue weighted by molar-refractivity contribution is -0.119. The number of hydrogen-bond acceptors (Lipinski definition) is 3. The van der Waals surface area contributed by atoms with Gasteiger partial charge >= 0.3 is 0 Å². The average molecular weight is 397 g/mol. The summed E-state index contributed by atoms with van der Waals surface area (Å²) in [7, 11) is 0. The highest BCUT2D eigenvalue weighted by Crippen LogP contribution is 2.36. The Morgan fingerprint density at radius 3 is 2.56 bits per heavy atom. The van der Waals surface area contributed by atoms with Crippen LogP contribution in [0.25, 0.3) is 10.8 Å². The zero-order valence-corrected chi connectivity index (χ0v) is 16.0. The molecule has 1 aliphatic rings. The summed E-state index contributed by atoms with van der Waals surface area (Å²) in [6.45, 7) is 0.559. The van der Waals surface area contributed by atoms with Crippen molar-refractivity contribution in [1.82, 2.24) is 5.32 Å². The van der Waals surface area contributed by atoms with Crippen LogP contribution in [0.15, 0.2) is 65.6 Å². The molecule has 0 spiro atoms. The van der Waals surface area contributed by atoms with Crippen molar-refractivity contribution in [3.8, 4) is 0 Å². The van der Waals surface area contributed by atoms with Gasteiger partial charge in [0.1, 0.15) is 6.54 Å². The smallest absolute Gasteiger partial charge is 0.259 e. The van der Waals surface area contributed by atoms with Crippen molar-refractivity contribution in [3.05, 3.63) is 71.2 Å². The predicted octanol–water partition coefficient (Wildman–Crippen LogP) is 4.36. The van der Waals surface area contributed by atoms with Crippen molar-refractivity contribution >= 4 is 51.6 Å². The Bertz CT molecular complexity index is 1020. The Kier molecular flexibility index (Phi) is 5.05. The van der Waals surface area contributed by atoms with Crippen molar-refractivity contribution in [3.63, 3.8) is 0 Å². The van der Waals surface area contributed by atoms with Gasteiger partial charge in [0.25, 0.3) is 5.91 Å². The highest BCUT2D eigenvalue weighted by atomic mass is 35.5. The number of benzene rings is 3. The third kappa shape index (κ3) is 3.66. The molecule has 0 aliphatic carbocycles. The van der Waals surface area contributed by atoms with Crippen molar-refractivity contribution in [1.29, 1.82) is 0 Å². The molecule has 2 amide bonds. The monoisotopic (exact) mass is 396 g/mol. The first-order valence-corrected chi connectivity index (χ1v) is 9.98. The van der Waals surface area contributed by atoms with Crippen LogP contribution in [0.1, 0.15) is 10.4 Å². The van der Waals surface area contributed by atoms with E-state index in [1.807, 2.05) is 60.7 Å². The number of anilines is 1. The van der Waals surface area contributed by atoms with Crippen molar-refractivity contribution in [2.75, 3.05) is 23.7 Å². The molecule has 0 saturated carbocycles. The number of rotatable bonds is 6. The molecule has 4 nitrogen and oxygen atoms in total. The first-order chi connectivity index (χ1) is 13.1. The van der Waals surface area contributed by atoms with Gasteiger partial charge in [-0.1, -0.05) is 35.9 Å². The van der Waals surface area contributed by atoms with E-state index in [9.17, 15) is 9.59 Å². The molecule has 4 rings (SSSR count). The highest BCUT2D eigenvalue weighted by Gasteiger charge is 2.30. The normalized spacial score (nSPS) is 12.6. The van der Waals surface area contributed by atoms with Gasteiger partial charge < -0.3 is 5.32 Å². The number of nitrogens with one attached hydrogen (secondary N) is 1. The Morgan fingerprint density at radius 2 is 1.78 bits per heavy atom. The zero-order chi connectivity index (χ0) is 18.8. The van der Waals surface area contributed by atoms with E-state index < -0.39 is 0 Å². The molecule has 0 radical (unpaired) electrons. The second kappa shape index (κ2) is 7.62. The van der Waals surface area contributed by atoms with E-state index in [2.05, 4.69) is 5.32 Å².